The highest BCUT2D eigenvalue weighted by Crippen LogP contribution is 2.22. The maximum atomic E-state index is 10.7. The van der Waals surface area contributed by atoms with Gasteiger partial charge in [0.1, 0.15) is 0 Å². The topological polar surface area (TPSA) is 81.2 Å². The average molecular weight is 261 g/mol. The Balaban J connectivity index is 2.46. The molecule has 2 rings (SSSR count). The standard InChI is InChI=1S/C13H15N3O3/c1-9(2)12-5-6-15(14-12)13-4-3-11(16(18)19)7-10(13)8-17/h3-7,9,17H,8H2,1-2H3. The van der Waals surface area contributed by atoms with E-state index in [1.165, 1.54) is 12.1 Å². The van der Waals surface area contributed by atoms with Crippen molar-refractivity contribution in [3.8, 4) is 5.69 Å². The van der Waals surface area contributed by atoms with E-state index >= 15 is 0 Å². The number of aliphatic hydroxyl groups is 1. The number of aromatic nitrogens is 2. The summed E-state index contributed by atoms with van der Waals surface area (Å²) in [6.45, 7) is 3.80. The van der Waals surface area contributed by atoms with Crippen LogP contribution in [0.4, 0.5) is 5.69 Å². The molecular weight excluding hydrogens is 246 g/mol. The molecule has 0 radical (unpaired) electrons. The smallest absolute Gasteiger partial charge is 0.269 e. The molecule has 0 amide bonds. The van der Waals surface area contributed by atoms with Gasteiger partial charge in [0, 0.05) is 23.9 Å². The van der Waals surface area contributed by atoms with Gasteiger partial charge in [0.05, 0.1) is 22.9 Å². The van der Waals surface area contributed by atoms with Crippen LogP contribution in [0.2, 0.25) is 0 Å². The third kappa shape index (κ3) is 2.63. The Labute approximate surface area is 110 Å². The molecule has 1 aromatic heterocycles. The number of nitro benzene ring substituents is 1. The molecule has 0 saturated carbocycles. The van der Waals surface area contributed by atoms with E-state index in [1.54, 1.807) is 16.9 Å². The summed E-state index contributed by atoms with van der Waals surface area (Å²) in [6.07, 6.45) is 1.79. The van der Waals surface area contributed by atoms with Crippen molar-refractivity contribution in [3.05, 3.63) is 51.8 Å². The molecule has 0 atom stereocenters. The molecule has 2 aromatic rings. The fourth-order valence-corrected chi connectivity index (χ4v) is 1.82. The number of benzene rings is 1. The molecule has 1 aromatic carbocycles. The SMILES string of the molecule is CC(C)c1ccn(-c2ccc([N+](=O)[O-])cc2CO)n1. The van der Waals surface area contributed by atoms with Gasteiger partial charge >= 0.3 is 0 Å². The van der Waals surface area contributed by atoms with Crippen molar-refractivity contribution in [3.63, 3.8) is 0 Å². The second-order valence-electron chi connectivity index (χ2n) is 4.57. The zero-order chi connectivity index (χ0) is 14.0. The molecule has 0 spiro atoms. The fourth-order valence-electron chi connectivity index (χ4n) is 1.82. The molecule has 6 heteroatoms. The van der Waals surface area contributed by atoms with E-state index in [9.17, 15) is 15.2 Å². The first-order valence-corrected chi connectivity index (χ1v) is 5.97. The Hall–Kier alpha value is -2.21. The molecule has 0 unspecified atom stereocenters. The molecule has 19 heavy (non-hydrogen) atoms. The van der Waals surface area contributed by atoms with Crippen LogP contribution >= 0.6 is 0 Å². The molecule has 1 N–H and O–H groups in total. The third-order valence-corrected chi connectivity index (χ3v) is 2.89. The van der Waals surface area contributed by atoms with Gasteiger partial charge < -0.3 is 5.11 Å². The van der Waals surface area contributed by atoms with Crippen molar-refractivity contribution in [1.29, 1.82) is 0 Å². The van der Waals surface area contributed by atoms with Gasteiger partial charge in [-0.3, -0.25) is 10.1 Å². The summed E-state index contributed by atoms with van der Waals surface area (Å²) in [5.74, 6) is 0.303. The van der Waals surface area contributed by atoms with Crippen LogP contribution < -0.4 is 0 Å². The van der Waals surface area contributed by atoms with Crippen LogP contribution in [-0.2, 0) is 6.61 Å². The van der Waals surface area contributed by atoms with Crippen LogP contribution in [0.1, 0.15) is 31.0 Å². The van der Waals surface area contributed by atoms with Crippen molar-refractivity contribution in [1.82, 2.24) is 9.78 Å². The predicted octanol–water partition coefficient (Wildman–Crippen LogP) is 2.40. The van der Waals surface area contributed by atoms with E-state index in [1.807, 2.05) is 19.9 Å². The van der Waals surface area contributed by atoms with Gasteiger partial charge in [0.2, 0.25) is 0 Å². The van der Waals surface area contributed by atoms with Gasteiger partial charge in [-0.15, -0.1) is 0 Å². The summed E-state index contributed by atoms with van der Waals surface area (Å²) in [6, 6.07) is 6.27. The molecule has 0 bridgehead atoms. The van der Waals surface area contributed by atoms with Gasteiger partial charge in [-0.05, 0) is 18.1 Å². The van der Waals surface area contributed by atoms with Crippen molar-refractivity contribution in [2.24, 2.45) is 0 Å². The Morgan fingerprint density at radius 2 is 2.16 bits per heavy atom. The lowest BCUT2D eigenvalue weighted by molar-refractivity contribution is -0.384. The van der Waals surface area contributed by atoms with Gasteiger partial charge in [-0.25, -0.2) is 4.68 Å². The Kier molecular flexibility index (Phi) is 3.62. The average Bonchev–Trinajstić information content (AvgIpc) is 2.87. The van der Waals surface area contributed by atoms with E-state index in [0.29, 0.717) is 17.2 Å². The lowest BCUT2D eigenvalue weighted by atomic mass is 10.1. The summed E-state index contributed by atoms with van der Waals surface area (Å²) in [5.41, 5.74) is 2.03. The second-order valence-corrected chi connectivity index (χ2v) is 4.57. The van der Waals surface area contributed by atoms with Gasteiger partial charge in [-0.2, -0.15) is 5.10 Å². The minimum absolute atomic E-state index is 0.0379. The summed E-state index contributed by atoms with van der Waals surface area (Å²) in [5, 5.41) is 24.4. The van der Waals surface area contributed by atoms with Crippen molar-refractivity contribution in [2.75, 3.05) is 0 Å². The molecule has 0 fully saturated rings. The number of nitrogens with zero attached hydrogens (tertiary/aromatic N) is 3. The maximum absolute atomic E-state index is 10.7. The van der Waals surface area contributed by atoms with Crippen molar-refractivity contribution in [2.45, 2.75) is 26.4 Å². The van der Waals surface area contributed by atoms with Gasteiger partial charge in [0.25, 0.3) is 5.69 Å². The molecular formula is C13H15N3O3. The fraction of sp³-hybridized carbons (Fsp3) is 0.308. The van der Waals surface area contributed by atoms with Crippen LogP contribution in [-0.4, -0.2) is 19.8 Å². The van der Waals surface area contributed by atoms with Gasteiger partial charge in [-0.1, -0.05) is 13.8 Å². The molecule has 0 aliphatic carbocycles. The highest BCUT2D eigenvalue weighted by Gasteiger charge is 2.13. The third-order valence-electron chi connectivity index (χ3n) is 2.89. The number of hydrogen-bond acceptors (Lipinski definition) is 4. The molecule has 0 aliphatic heterocycles. The van der Waals surface area contributed by atoms with Crippen LogP contribution in [0.5, 0.6) is 0 Å². The highest BCUT2D eigenvalue weighted by atomic mass is 16.6. The zero-order valence-electron chi connectivity index (χ0n) is 10.8. The molecule has 0 aliphatic rings. The Morgan fingerprint density at radius 3 is 2.68 bits per heavy atom. The molecule has 100 valence electrons. The van der Waals surface area contributed by atoms with Crippen LogP contribution in [0.15, 0.2) is 30.5 Å². The summed E-state index contributed by atoms with van der Waals surface area (Å²) < 4.78 is 1.63. The number of non-ortho nitro benzene ring substituents is 1. The first-order valence-electron chi connectivity index (χ1n) is 5.97. The normalized spacial score (nSPS) is 10.9. The Bertz CT molecular complexity index is 605. The van der Waals surface area contributed by atoms with Gasteiger partial charge in [0.15, 0.2) is 0 Å². The predicted molar refractivity (Wildman–Crippen MR) is 70.2 cm³/mol. The van der Waals surface area contributed by atoms with Crippen molar-refractivity contribution < 1.29 is 10.0 Å². The highest BCUT2D eigenvalue weighted by molar-refractivity contribution is 5.47. The van der Waals surface area contributed by atoms with E-state index in [0.717, 1.165) is 5.69 Å². The van der Waals surface area contributed by atoms with Crippen LogP contribution in [0.3, 0.4) is 0 Å². The van der Waals surface area contributed by atoms with E-state index < -0.39 is 4.92 Å². The maximum Gasteiger partial charge on any atom is 0.269 e. The number of hydrogen-bond donors (Lipinski definition) is 1. The largest absolute Gasteiger partial charge is 0.392 e. The summed E-state index contributed by atoms with van der Waals surface area (Å²) >= 11 is 0. The van der Waals surface area contributed by atoms with Crippen LogP contribution in [0, 0.1) is 10.1 Å². The zero-order valence-corrected chi connectivity index (χ0v) is 10.8. The summed E-state index contributed by atoms with van der Waals surface area (Å²) in [7, 11) is 0. The summed E-state index contributed by atoms with van der Waals surface area (Å²) in [4.78, 5) is 10.2. The Morgan fingerprint density at radius 1 is 1.42 bits per heavy atom. The monoisotopic (exact) mass is 261 g/mol. The molecule has 1 heterocycles. The number of rotatable bonds is 4. The second kappa shape index (κ2) is 5.19. The lowest BCUT2D eigenvalue weighted by Gasteiger charge is -2.07. The number of nitro groups is 1. The lowest BCUT2D eigenvalue weighted by Crippen LogP contribution is -2.03. The minimum Gasteiger partial charge on any atom is -0.392 e. The van der Waals surface area contributed by atoms with E-state index in [2.05, 4.69) is 5.10 Å². The van der Waals surface area contributed by atoms with E-state index in [-0.39, 0.29) is 12.3 Å². The molecule has 0 saturated heterocycles. The minimum atomic E-state index is -0.481. The first kappa shape index (κ1) is 13.2. The first-order chi connectivity index (χ1) is 9.02. The van der Waals surface area contributed by atoms with E-state index in [4.69, 9.17) is 0 Å². The van der Waals surface area contributed by atoms with Crippen molar-refractivity contribution >= 4 is 5.69 Å². The molecule has 6 nitrogen and oxygen atoms in total. The van der Waals surface area contributed by atoms with Crippen LogP contribution in [0.25, 0.3) is 5.69 Å². The quantitative estimate of drug-likeness (QED) is 0.676. The number of aliphatic hydroxyl groups excluding tert-OH is 1.